The van der Waals surface area contributed by atoms with Gasteiger partial charge >= 0.3 is 0 Å². The first-order chi connectivity index (χ1) is 14.2. The highest BCUT2D eigenvalue weighted by Gasteiger charge is 2.11. The number of amides is 1. The highest BCUT2D eigenvalue weighted by molar-refractivity contribution is 6.29. The van der Waals surface area contributed by atoms with Crippen molar-refractivity contribution in [3.05, 3.63) is 17.5 Å². The van der Waals surface area contributed by atoms with Gasteiger partial charge in [-0.25, -0.2) is 0 Å². The summed E-state index contributed by atoms with van der Waals surface area (Å²) in [6.45, 7) is 13.8. The maximum Gasteiger partial charge on any atom is 0.255 e. The number of methoxy groups -OCH3 is 1. The molecule has 1 unspecified atom stereocenters. The summed E-state index contributed by atoms with van der Waals surface area (Å²) in [5.74, 6) is 1.72. The van der Waals surface area contributed by atoms with Gasteiger partial charge < -0.3 is 15.0 Å². The topological polar surface area (TPSA) is 84.7 Å². The van der Waals surface area contributed by atoms with Crippen molar-refractivity contribution >= 4 is 29.6 Å². The summed E-state index contributed by atoms with van der Waals surface area (Å²) in [5.41, 5.74) is 0.0417. The number of anilines is 1. The third kappa shape index (κ3) is 11.3. The molecular weight excluding hydrogens is 404 g/mol. The molecule has 0 spiro atoms. The molecule has 0 aliphatic rings. The van der Waals surface area contributed by atoms with Gasteiger partial charge in [-0.15, -0.1) is 0 Å². The number of ether oxygens (including phenoxy) is 1. The molecule has 2 aromatic rings. The highest BCUT2D eigenvalue weighted by Crippen LogP contribution is 2.17. The second-order valence-electron chi connectivity index (χ2n) is 7.66. The minimum atomic E-state index is 0.0417. The molecular formula is C21H39ClN6O2. The van der Waals surface area contributed by atoms with Crippen LogP contribution in [0.15, 0.2) is 12.4 Å². The molecule has 0 bridgehead atoms. The number of hydrogen-bond acceptors (Lipinski definition) is 6. The number of rotatable bonds is 9. The monoisotopic (exact) mass is 442 g/mol. The number of carbonyl (C=O) groups excluding carboxylic acids is 1. The number of aromatic nitrogens is 4. The zero-order valence-electron chi connectivity index (χ0n) is 19.8. The summed E-state index contributed by atoms with van der Waals surface area (Å²) in [6.07, 6.45) is 5.46. The van der Waals surface area contributed by atoms with Crippen LogP contribution in [0.5, 0.6) is 0 Å². The summed E-state index contributed by atoms with van der Waals surface area (Å²) in [7, 11) is 3.50. The predicted octanol–water partition coefficient (Wildman–Crippen LogP) is 4.54. The Morgan fingerprint density at radius 3 is 2.50 bits per heavy atom. The van der Waals surface area contributed by atoms with Gasteiger partial charge in [0.25, 0.3) is 5.78 Å². The van der Waals surface area contributed by atoms with Crippen LogP contribution < -0.4 is 5.32 Å². The van der Waals surface area contributed by atoms with Gasteiger partial charge in [-0.2, -0.15) is 19.6 Å². The molecule has 0 fully saturated rings. The molecule has 172 valence electrons. The van der Waals surface area contributed by atoms with Crippen LogP contribution in [0.4, 0.5) is 5.82 Å². The average molecular weight is 443 g/mol. The summed E-state index contributed by atoms with van der Waals surface area (Å²) in [5, 5.41) is 7.89. The molecule has 1 amide bonds. The normalized spacial score (nSPS) is 11.6. The van der Waals surface area contributed by atoms with Gasteiger partial charge in [0.2, 0.25) is 6.41 Å². The van der Waals surface area contributed by atoms with Gasteiger partial charge in [-0.3, -0.25) is 4.79 Å². The zero-order chi connectivity index (χ0) is 23.2. The number of nitrogens with zero attached hydrogens (tertiary/aromatic N) is 5. The summed E-state index contributed by atoms with van der Waals surface area (Å²) >= 11 is 6.00. The van der Waals surface area contributed by atoms with E-state index in [2.05, 4.69) is 27.3 Å². The zero-order valence-corrected chi connectivity index (χ0v) is 20.5. The van der Waals surface area contributed by atoms with E-state index < -0.39 is 0 Å². The first kappa shape index (κ1) is 28.1. The second-order valence-corrected chi connectivity index (χ2v) is 8.05. The van der Waals surface area contributed by atoms with Crippen LogP contribution in [0.3, 0.4) is 0 Å². The summed E-state index contributed by atoms with van der Waals surface area (Å²) in [6, 6.07) is 1.74. The van der Waals surface area contributed by atoms with E-state index in [0.717, 1.165) is 44.6 Å². The van der Waals surface area contributed by atoms with E-state index in [4.69, 9.17) is 16.3 Å². The third-order valence-corrected chi connectivity index (χ3v) is 4.37. The van der Waals surface area contributed by atoms with E-state index in [1.54, 1.807) is 29.6 Å². The van der Waals surface area contributed by atoms with Crippen molar-refractivity contribution in [1.82, 2.24) is 24.5 Å². The summed E-state index contributed by atoms with van der Waals surface area (Å²) in [4.78, 5) is 20.5. The minimum absolute atomic E-state index is 0.0417. The van der Waals surface area contributed by atoms with Crippen LogP contribution in [0.2, 0.25) is 5.15 Å². The Labute approximate surface area is 186 Å². The Kier molecular flexibility index (Phi) is 14.0. The van der Waals surface area contributed by atoms with E-state index in [-0.39, 0.29) is 5.60 Å². The molecule has 0 aliphatic carbocycles. The van der Waals surface area contributed by atoms with Crippen molar-refractivity contribution in [3.63, 3.8) is 0 Å². The lowest BCUT2D eigenvalue weighted by atomic mass is 9.99. The maximum absolute atomic E-state index is 10.7. The van der Waals surface area contributed by atoms with Crippen LogP contribution >= 0.6 is 11.6 Å². The van der Waals surface area contributed by atoms with Crippen molar-refractivity contribution < 1.29 is 9.53 Å². The first-order valence-electron chi connectivity index (χ1n) is 10.5. The van der Waals surface area contributed by atoms with Gasteiger partial charge in [-0.1, -0.05) is 38.8 Å². The SMILES string of the molecule is CC.CCCC(CCN(C)C=O)CNc1cc(Cl)nc2ncnn12.COC(C)(C)C. The molecule has 0 aromatic carbocycles. The number of nitrogens with one attached hydrogen (secondary N) is 1. The van der Waals surface area contributed by atoms with Gasteiger partial charge in [0, 0.05) is 33.3 Å². The van der Waals surface area contributed by atoms with Crippen LogP contribution in [0, 0.1) is 5.92 Å². The van der Waals surface area contributed by atoms with Gasteiger partial charge in [0.15, 0.2) is 0 Å². The fraction of sp³-hybridized carbons (Fsp3) is 0.714. The molecule has 8 nitrogen and oxygen atoms in total. The molecule has 1 N–H and O–H groups in total. The number of hydrogen-bond donors (Lipinski definition) is 1. The van der Waals surface area contributed by atoms with E-state index in [0.29, 0.717) is 16.8 Å². The Morgan fingerprint density at radius 2 is 1.97 bits per heavy atom. The highest BCUT2D eigenvalue weighted by atomic mass is 35.5. The van der Waals surface area contributed by atoms with Crippen molar-refractivity contribution in [1.29, 1.82) is 0 Å². The standard InChI is InChI=1S/C14H21ClN6O.C5H12O.C2H6/c1-3-4-11(5-6-20(2)10-22)8-16-13-7-12(15)19-14-17-9-18-21(13)14;1-5(2,3)6-4;1-2/h7,9-11,16H,3-6,8H2,1-2H3;1-4H3;1-2H3. The lowest BCUT2D eigenvalue weighted by Crippen LogP contribution is -2.23. The largest absolute Gasteiger partial charge is 0.379 e. The Bertz CT molecular complexity index is 717. The van der Waals surface area contributed by atoms with Crippen LogP contribution in [-0.4, -0.2) is 63.7 Å². The average Bonchev–Trinajstić information content (AvgIpc) is 3.19. The van der Waals surface area contributed by atoms with Crippen LogP contribution in [0.1, 0.15) is 60.8 Å². The molecule has 2 aromatic heterocycles. The molecule has 30 heavy (non-hydrogen) atoms. The van der Waals surface area contributed by atoms with E-state index >= 15 is 0 Å². The molecule has 9 heteroatoms. The Morgan fingerprint density at radius 1 is 1.33 bits per heavy atom. The summed E-state index contributed by atoms with van der Waals surface area (Å²) < 4.78 is 6.57. The van der Waals surface area contributed by atoms with E-state index in [9.17, 15) is 4.79 Å². The van der Waals surface area contributed by atoms with Gasteiger partial charge in [0.1, 0.15) is 17.3 Å². The van der Waals surface area contributed by atoms with Crippen molar-refractivity contribution in [2.75, 3.05) is 32.6 Å². The smallest absolute Gasteiger partial charge is 0.255 e. The maximum atomic E-state index is 10.7. The van der Waals surface area contributed by atoms with Crippen molar-refractivity contribution in [2.45, 2.75) is 66.4 Å². The first-order valence-corrected chi connectivity index (χ1v) is 10.9. The molecule has 2 heterocycles. The second kappa shape index (κ2) is 15.0. The van der Waals surface area contributed by atoms with Crippen LogP contribution in [0.25, 0.3) is 5.78 Å². The molecule has 0 saturated heterocycles. The molecule has 0 aliphatic heterocycles. The van der Waals surface area contributed by atoms with Gasteiger partial charge in [0.05, 0.1) is 5.60 Å². The van der Waals surface area contributed by atoms with Gasteiger partial charge in [-0.05, 0) is 39.5 Å². The number of fused-ring (bicyclic) bond motifs is 1. The Hall–Kier alpha value is -1.93. The number of halogens is 1. The molecule has 0 radical (unpaired) electrons. The quantitative estimate of drug-likeness (QED) is 0.453. The lowest BCUT2D eigenvalue weighted by Gasteiger charge is -2.20. The fourth-order valence-electron chi connectivity index (χ4n) is 2.35. The molecule has 1 atom stereocenters. The molecule has 2 rings (SSSR count). The fourth-order valence-corrected chi connectivity index (χ4v) is 2.53. The van der Waals surface area contributed by atoms with E-state index in [1.165, 1.54) is 6.33 Å². The lowest BCUT2D eigenvalue weighted by molar-refractivity contribution is -0.117. The Balaban J connectivity index is 0.000000905. The molecule has 0 saturated carbocycles. The third-order valence-electron chi connectivity index (χ3n) is 4.17. The van der Waals surface area contributed by atoms with Crippen LogP contribution in [-0.2, 0) is 9.53 Å². The van der Waals surface area contributed by atoms with Crippen molar-refractivity contribution in [2.24, 2.45) is 5.92 Å². The van der Waals surface area contributed by atoms with Crippen molar-refractivity contribution in [3.8, 4) is 0 Å². The predicted molar refractivity (Wildman–Crippen MR) is 124 cm³/mol. The van der Waals surface area contributed by atoms with E-state index in [1.807, 2.05) is 34.6 Å². The minimum Gasteiger partial charge on any atom is -0.379 e. The number of carbonyl (C=O) groups is 1.